The molecule has 59 heavy (non-hydrogen) atoms. The van der Waals surface area contributed by atoms with Gasteiger partial charge in [0.1, 0.15) is 22.2 Å². The van der Waals surface area contributed by atoms with Crippen LogP contribution < -0.4 is 5.32 Å². The highest BCUT2D eigenvalue weighted by molar-refractivity contribution is 6.36. The lowest BCUT2D eigenvalue weighted by Gasteiger charge is -2.55. The number of aromatic nitrogens is 1. The number of ether oxygens (including phenoxy) is 3. The van der Waals surface area contributed by atoms with Gasteiger partial charge in [0, 0.05) is 29.7 Å². The molecule has 0 radical (unpaired) electrons. The number of carbonyl (C=O) groups is 4. The average Bonchev–Trinajstić information content (AvgIpc) is 3.65. The molecule has 6 aliphatic rings. The largest absolute Gasteiger partial charge is 0.511 e. The van der Waals surface area contributed by atoms with Crippen LogP contribution in [-0.2, 0) is 28.6 Å². The maximum absolute atomic E-state index is 15.2. The van der Waals surface area contributed by atoms with Crippen molar-refractivity contribution in [3.05, 3.63) is 80.9 Å². The van der Waals surface area contributed by atoms with Crippen LogP contribution in [0.25, 0.3) is 0 Å². The lowest BCUT2D eigenvalue weighted by molar-refractivity contribution is -0.258. The number of halogens is 2. The topological polar surface area (TPSA) is 184 Å². The lowest BCUT2D eigenvalue weighted by Crippen LogP contribution is -2.58. The number of allylic oxidation sites excluding steroid dienone is 5. The van der Waals surface area contributed by atoms with Gasteiger partial charge >= 0.3 is 11.9 Å². The van der Waals surface area contributed by atoms with Gasteiger partial charge in [-0.3, -0.25) is 9.59 Å². The van der Waals surface area contributed by atoms with Crippen molar-refractivity contribution in [3.63, 3.8) is 0 Å². The van der Waals surface area contributed by atoms with E-state index in [9.17, 15) is 29.7 Å². The fourth-order valence-electron chi connectivity index (χ4n) is 11.4. The lowest BCUT2D eigenvalue weighted by atomic mass is 9.51. The Bertz CT molecular complexity index is 2040. The van der Waals surface area contributed by atoms with Crippen molar-refractivity contribution < 1.29 is 48.7 Å². The van der Waals surface area contributed by atoms with E-state index in [1.165, 1.54) is 6.07 Å². The van der Waals surface area contributed by atoms with Crippen LogP contribution in [0.1, 0.15) is 103 Å². The van der Waals surface area contributed by atoms with Gasteiger partial charge in [-0.25, -0.2) is 9.59 Å². The van der Waals surface area contributed by atoms with E-state index < -0.39 is 76.6 Å². The maximum atomic E-state index is 15.2. The zero-order valence-corrected chi connectivity index (χ0v) is 35.9. The minimum absolute atomic E-state index is 0.0225. The summed E-state index contributed by atoms with van der Waals surface area (Å²) >= 11 is 12.2. The van der Waals surface area contributed by atoms with E-state index in [0.717, 1.165) is 12.0 Å². The molecule has 1 saturated carbocycles. The number of Topliss-reactive ketones (excluding diaryl/α,β-unsaturated/α-hetero) is 1. The molecular weight excluding hydrogens is 799 g/mol. The van der Waals surface area contributed by atoms with Crippen molar-refractivity contribution in [1.82, 2.24) is 10.3 Å². The molecular formula is C45H56Cl2N2O10. The molecule has 12 nitrogen and oxygen atoms in total. The van der Waals surface area contributed by atoms with Crippen LogP contribution in [-0.4, -0.2) is 80.2 Å². The fourth-order valence-corrected chi connectivity index (χ4v) is 11.9. The highest BCUT2D eigenvalue weighted by Gasteiger charge is 2.67. The Labute approximate surface area is 355 Å². The van der Waals surface area contributed by atoms with E-state index in [-0.39, 0.29) is 69.3 Å². The SMILES string of the molecule is CC[C@H]1C[C@]23OC(=O)/C(=C(\O)[C@@]4(CC)[C@@H]5CC[C@H](C)[C@H](O[C@H]6C[C@@H](O)[C@H](NC(=O)c7[nH]c(Cl)cc7Cl)[C@@H](C)O6)[C@H]5C=C[C@H]4C/C=C/C/C(C)=C/[C@@]2(C)C=C1C(=O)O)C3=O. The van der Waals surface area contributed by atoms with E-state index >= 15 is 4.79 Å². The minimum atomic E-state index is -1.75. The number of H-pyrrole nitrogens is 1. The second kappa shape index (κ2) is 16.3. The van der Waals surface area contributed by atoms with Gasteiger partial charge < -0.3 is 39.8 Å². The number of amides is 1. The number of hydrogen-bond donors (Lipinski definition) is 5. The Morgan fingerprint density at radius 3 is 2.49 bits per heavy atom. The number of fused-ring (bicyclic) bond motifs is 4. The monoisotopic (exact) mass is 854 g/mol. The molecule has 1 aromatic heterocycles. The number of ketones is 1. The van der Waals surface area contributed by atoms with Gasteiger partial charge in [-0.05, 0) is 89.0 Å². The summed E-state index contributed by atoms with van der Waals surface area (Å²) in [7, 11) is 0. The van der Waals surface area contributed by atoms with Crippen LogP contribution in [0.15, 0.2) is 65.0 Å². The van der Waals surface area contributed by atoms with Crippen molar-refractivity contribution in [3.8, 4) is 0 Å². The van der Waals surface area contributed by atoms with Crippen molar-refractivity contribution in [2.45, 2.75) is 129 Å². The van der Waals surface area contributed by atoms with Gasteiger partial charge in [0.05, 0.1) is 34.8 Å². The normalized spacial score (nSPS) is 42.3. The molecule has 1 amide bonds. The fraction of sp³-hybridized carbons (Fsp3) is 0.600. The summed E-state index contributed by atoms with van der Waals surface area (Å²) in [5, 5.41) is 37.6. The molecule has 2 saturated heterocycles. The molecule has 3 heterocycles. The Balaban J connectivity index is 1.23. The number of carboxylic acids is 1. The molecule has 14 heteroatoms. The van der Waals surface area contributed by atoms with Gasteiger partial charge in [0.15, 0.2) is 11.9 Å². The summed E-state index contributed by atoms with van der Waals surface area (Å²) in [4.78, 5) is 57.7. The number of hydrogen-bond acceptors (Lipinski definition) is 9. The first-order valence-electron chi connectivity index (χ1n) is 20.9. The number of aliphatic hydroxyl groups is 2. The van der Waals surface area contributed by atoms with E-state index in [0.29, 0.717) is 32.1 Å². The zero-order chi connectivity index (χ0) is 42.8. The Morgan fingerprint density at radius 2 is 1.85 bits per heavy atom. The van der Waals surface area contributed by atoms with Crippen LogP contribution in [0.4, 0.5) is 0 Å². The number of nitrogens with one attached hydrogen (secondary N) is 2. The Hall–Kier alpha value is -3.68. The molecule has 4 aliphatic carbocycles. The maximum Gasteiger partial charge on any atom is 0.346 e. The van der Waals surface area contributed by atoms with Crippen LogP contribution in [0.3, 0.4) is 0 Å². The standard InChI is InChI=1S/C45H56Cl2N2O10/c1-7-25-20-45-39(52)34(42(56)59-45)38(51)44(8-2)26(12-10-9-11-22(3)19-43(45,6)21-28(25)41(54)55)14-15-27-29(44)16-13-23(4)37(27)58-33-18-31(50)35(24(5)57-33)49-40(53)36-30(46)17-32(47)48-36/h9-10,14-15,17,19,21,23-27,29,31,33,35,37,48,50-51H,7-8,11-13,16,18,20H2,1-6H3,(H,49,53)(H,54,55)/b10-9+,22-19+,38-34-/t23-,24+,25-,26+,27-,29+,31+,33-,35+,37-,43-,44+,45+/m0/s1. The predicted octanol–water partition coefficient (Wildman–Crippen LogP) is 7.97. The summed E-state index contributed by atoms with van der Waals surface area (Å²) in [5.41, 5.74) is -3.32. The third-order valence-electron chi connectivity index (χ3n) is 14.4. The first-order valence-corrected chi connectivity index (χ1v) is 21.7. The number of rotatable bonds is 7. The summed E-state index contributed by atoms with van der Waals surface area (Å²) in [6.07, 6.45) is 12.3. The molecule has 320 valence electrons. The van der Waals surface area contributed by atoms with E-state index in [2.05, 4.69) is 41.5 Å². The van der Waals surface area contributed by atoms with E-state index in [1.807, 2.05) is 26.8 Å². The zero-order valence-electron chi connectivity index (χ0n) is 34.4. The van der Waals surface area contributed by atoms with Crippen molar-refractivity contribution in [2.75, 3.05) is 0 Å². The third kappa shape index (κ3) is 7.24. The molecule has 7 rings (SSSR count). The Morgan fingerprint density at radius 1 is 1.10 bits per heavy atom. The highest BCUT2D eigenvalue weighted by atomic mass is 35.5. The molecule has 13 atom stereocenters. The van der Waals surface area contributed by atoms with Crippen molar-refractivity contribution >= 4 is 46.8 Å². The van der Waals surface area contributed by atoms with Gasteiger partial charge in [-0.15, -0.1) is 0 Å². The molecule has 2 bridgehead atoms. The number of aliphatic carboxylic acids is 1. The van der Waals surface area contributed by atoms with Gasteiger partial charge in [0.2, 0.25) is 5.78 Å². The number of esters is 1. The summed E-state index contributed by atoms with van der Waals surface area (Å²) in [6.45, 7) is 11.4. The molecule has 1 spiro atoms. The summed E-state index contributed by atoms with van der Waals surface area (Å²) < 4.78 is 19.4. The van der Waals surface area contributed by atoms with Gasteiger partial charge in [0.25, 0.3) is 5.91 Å². The van der Waals surface area contributed by atoms with Crippen LogP contribution in [0.5, 0.6) is 0 Å². The number of aliphatic hydroxyl groups excluding tert-OH is 2. The highest BCUT2D eigenvalue weighted by Crippen LogP contribution is 2.61. The van der Waals surface area contributed by atoms with Crippen LogP contribution >= 0.6 is 23.2 Å². The van der Waals surface area contributed by atoms with Gasteiger partial charge in [-0.1, -0.05) is 86.0 Å². The average molecular weight is 856 g/mol. The minimum Gasteiger partial charge on any atom is -0.511 e. The summed E-state index contributed by atoms with van der Waals surface area (Å²) in [6, 6.07) is 0.664. The molecule has 3 fully saturated rings. The van der Waals surface area contributed by atoms with Crippen molar-refractivity contribution in [1.29, 1.82) is 0 Å². The molecule has 1 aromatic rings. The second-order valence-corrected chi connectivity index (χ2v) is 18.6. The van der Waals surface area contributed by atoms with E-state index in [1.54, 1.807) is 19.9 Å². The van der Waals surface area contributed by atoms with E-state index in [4.69, 9.17) is 37.4 Å². The third-order valence-corrected chi connectivity index (χ3v) is 14.9. The predicted molar refractivity (Wildman–Crippen MR) is 220 cm³/mol. The Kier molecular flexibility index (Phi) is 12.0. The molecule has 5 N–H and O–H groups in total. The number of aromatic amines is 1. The number of carboxylic acid groups (broad SMARTS) is 1. The smallest absolute Gasteiger partial charge is 0.346 e. The van der Waals surface area contributed by atoms with Crippen molar-refractivity contribution in [2.24, 2.45) is 40.4 Å². The quantitative estimate of drug-likeness (QED) is 0.102. The first kappa shape index (κ1) is 43.4. The summed E-state index contributed by atoms with van der Waals surface area (Å²) in [5.74, 6) is -4.71. The first-order chi connectivity index (χ1) is 27.9. The van der Waals surface area contributed by atoms with Crippen LogP contribution in [0.2, 0.25) is 10.2 Å². The van der Waals surface area contributed by atoms with Crippen LogP contribution in [0, 0.1) is 40.4 Å². The molecule has 2 aliphatic heterocycles. The molecule has 0 unspecified atom stereocenters. The van der Waals surface area contributed by atoms with Gasteiger partial charge in [-0.2, -0.15) is 0 Å². The second-order valence-electron chi connectivity index (χ2n) is 17.8. The number of carbonyl (C=O) groups excluding carboxylic acids is 3. The molecule has 0 aromatic carbocycles.